The van der Waals surface area contributed by atoms with E-state index in [1.807, 2.05) is 24.3 Å². The number of rotatable bonds is 9. The van der Waals surface area contributed by atoms with E-state index in [-0.39, 0.29) is 35.1 Å². The van der Waals surface area contributed by atoms with E-state index in [2.05, 4.69) is 5.32 Å². The summed E-state index contributed by atoms with van der Waals surface area (Å²) >= 11 is 0. The van der Waals surface area contributed by atoms with E-state index < -0.39 is 20.9 Å². The molecule has 0 bridgehead atoms. The number of benzene rings is 2. The molecule has 0 aliphatic carbocycles. The second kappa shape index (κ2) is 9.78. The van der Waals surface area contributed by atoms with Gasteiger partial charge in [-0.3, -0.25) is 4.79 Å². The largest absolute Gasteiger partial charge is 0.497 e. The van der Waals surface area contributed by atoms with Crippen molar-refractivity contribution in [2.75, 3.05) is 13.7 Å². The van der Waals surface area contributed by atoms with E-state index in [0.717, 1.165) is 17.4 Å². The fraction of sp³-hybridized carbons (Fsp3) is 0.261. The SMILES string of the molecule is COc1ccc(CCC(=O)NC[C@@H](c2ccco2)S(=O)(=O)c2ccc(F)c(C)c2)cc1. The number of methoxy groups -OCH3 is 1. The Labute approximate surface area is 181 Å². The van der Waals surface area contributed by atoms with Gasteiger partial charge in [0.2, 0.25) is 5.91 Å². The van der Waals surface area contributed by atoms with E-state index in [0.29, 0.717) is 6.42 Å². The first-order valence-electron chi connectivity index (χ1n) is 9.74. The van der Waals surface area contributed by atoms with Gasteiger partial charge in [-0.05, 0) is 66.9 Å². The first-order valence-corrected chi connectivity index (χ1v) is 11.3. The molecule has 1 atom stereocenters. The number of ether oxygens (including phenoxy) is 1. The molecule has 1 heterocycles. The summed E-state index contributed by atoms with van der Waals surface area (Å²) in [7, 11) is -2.34. The minimum atomic E-state index is -3.92. The number of carbonyl (C=O) groups excluding carboxylic acids is 1. The Morgan fingerprint density at radius 1 is 1.16 bits per heavy atom. The molecule has 0 saturated carbocycles. The minimum absolute atomic E-state index is 0.0275. The van der Waals surface area contributed by atoms with Crippen molar-refractivity contribution in [3.8, 4) is 5.75 Å². The molecular formula is C23H24FNO5S. The van der Waals surface area contributed by atoms with E-state index in [1.54, 1.807) is 19.2 Å². The molecule has 164 valence electrons. The van der Waals surface area contributed by atoms with Gasteiger partial charge in [0.15, 0.2) is 9.84 Å². The summed E-state index contributed by atoms with van der Waals surface area (Å²) in [5.74, 6) is 0.173. The van der Waals surface area contributed by atoms with Gasteiger partial charge in [0.05, 0.1) is 18.3 Å². The van der Waals surface area contributed by atoms with Gasteiger partial charge in [-0.2, -0.15) is 0 Å². The molecule has 1 amide bonds. The third-order valence-electron chi connectivity index (χ3n) is 4.98. The van der Waals surface area contributed by atoms with Crippen LogP contribution in [0.4, 0.5) is 4.39 Å². The number of sulfone groups is 1. The molecule has 2 aromatic carbocycles. The van der Waals surface area contributed by atoms with Crippen LogP contribution in [-0.2, 0) is 21.1 Å². The number of furan rings is 1. The number of nitrogens with one attached hydrogen (secondary N) is 1. The first-order chi connectivity index (χ1) is 14.8. The maximum absolute atomic E-state index is 13.6. The first kappa shape index (κ1) is 22.6. The van der Waals surface area contributed by atoms with Gasteiger partial charge in [0.1, 0.15) is 22.6 Å². The van der Waals surface area contributed by atoms with Crippen LogP contribution in [0.1, 0.15) is 28.6 Å². The Bertz CT molecular complexity index is 1130. The zero-order valence-electron chi connectivity index (χ0n) is 17.3. The Morgan fingerprint density at radius 2 is 1.90 bits per heavy atom. The number of halogens is 1. The van der Waals surface area contributed by atoms with E-state index in [4.69, 9.17) is 9.15 Å². The van der Waals surface area contributed by atoms with Crippen LogP contribution in [0, 0.1) is 12.7 Å². The maximum Gasteiger partial charge on any atom is 0.220 e. The summed E-state index contributed by atoms with van der Waals surface area (Å²) in [6, 6.07) is 14.1. The molecule has 0 saturated heterocycles. The van der Waals surface area contributed by atoms with Gasteiger partial charge in [0.25, 0.3) is 0 Å². The number of hydrogen-bond donors (Lipinski definition) is 1. The highest BCUT2D eigenvalue weighted by Gasteiger charge is 2.32. The molecule has 0 aliphatic heterocycles. The molecule has 31 heavy (non-hydrogen) atoms. The van der Waals surface area contributed by atoms with Gasteiger partial charge in [-0.1, -0.05) is 12.1 Å². The van der Waals surface area contributed by atoms with Crippen molar-refractivity contribution in [1.82, 2.24) is 5.32 Å². The fourth-order valence-corrected chi connectivity index (χ4v) is 4.81. The second-order valence-electron chi connectivity index (χ2n) is 7.11. The Morgan fingerprint density at radius 3 is 2.52 bits per heavy atom. The van der Waals surface area contributed by atoms with Crippen LogP contribution in [0.25, 0.3) is 0 Å². The minimum Gasteiger partial charge on any atom is -0.497 e. The third kappa shape index (κ3) is 5.52. The Balaban J connectivity index is 1.70. The predicted octanol–water partition coefficient (Wildman–Crippen LogP) is 4.00. The van der Waals surface area contributed by atoms with Crippen LogP contribution in [0.2, 0.25) is 0 Å². The lowest BCUT2D eigenvalue weighted by atomic mass is 10.1. The molecule has 0 unspecified atom stereocenters. The standard InChI is InChI=1S/C23H24FNO5S/c1-16-14-19(10-11-20(16)24)31(27,28)22(21-4-3-13-30-21)15-25-23(26)12-7-17-5-8-18(29-2)9-6-17/h3-6,8-11,13-14,22H,7,12,15H2,1-2H3,(H,25,26)/t22-/m0/s1. The Hall–Kier alpha value is -3.13. The lowest BCUT2D eigenvalue weighted by Crippen LogP contribution is -2.32. The van der Waals surface area contributed by atoms with Crippen LogP contribution in [0.5, 0.6) is 5.75 Å². The summed E-state index contributed by atoms with van der Waals surface area (Å²) in [4.78, 5) is 12.3. The van der Waals surface area contributed by atoms with Gasteiger partial charge in [-0.25, -0.2) is 12.8 Å². The highest BCUT2D eigenvalue weighted by atomic mass is 32.2. The highest BCUT2D eigenvalue weighted by molar-refractivity contribution is 7.91. The molecule has 8 heteroatoms. The summed E-state index contributed by atoms with van der Waals surface area (Å²) in [5, 5.41) is 1.56. The van der Waals surface area contributed by atoms with Crippen molar-refractivity contribution >= 4 is 15.7 Å². The van der Waals surface area contributed by atoms with Crippen molar-refractivity contribution in [1.29, 1.82) is 0 Å². The molecule has 1 aromatic heterocycles. The quantitative estimate of drug-likeness (QED) is 0.503. The summed E-state index contributed by atoms with van der Waals surface area (Å²) in [6.07, 6.45) is 2.08. The molecule has 0 fully saturated rings. The van der Waals surface area contributed by atoms with E-state index in [9.17, 15) is 17.6 Å². The molecule has 0 aliphatic rings. The third-order valence-corrected chi connectivity index (χ3v) is 7.04. The fourth-order valence-electron chi connectivity index (χ4n) is 3.14. The van der Waals surface area contributed by atoms with Gasteiger partial charge in [0, 0.05) is 13.0 Å². The van der Waals surface area contributed by atoms with Crippen LogP contribution in [-0.4, -0.2) is 28.0 Å². The van der Waals surface area contributed by atoms with Crippen molar-refractivity contribution in [2.24, 2.45) is 0 Å². The second-order valence-corrected chi connectivity index (χ2v) is 9.24. The number of carbonyl (C=O) groups is 1. The van der Waals surface area contributed by atoms with Gasteiger partial charge in [-0.15, -0.1) is 0 Å². The topological polar surface area (TPSA) is 85.6 Å². The van der Waals surface area contributed by atoms with Crippen molar-refractivity contribution in [3.05, 3.63) is 83.6 Å². The summed E-state index contributed by atoms with van der Waals surface area (Å²) in [5.41, 5.74) is 1.19. The van der Waals surface area contributed by atoms with Crippen LogP contribution in [0.15, 0.2) is 70.2 Å². The normalized spacial score (nSPS) is 12.4. The summed E-state index contributed by atoms with van der Waals surface area (Å²) < 4.78 is 50.4. The van der Waals surface area contributed by atoms with Crippen LogP contribution in [0.3, 0.4) is 0 Å². The maximum atomic E-state index is 13.6. The lowest BCUT2D eigenvalue weighted by molar-refractivity contribution is -0.121. The average Bonchev–Trinajstić information content (AvgIpc) is 3.28. The zero-order chi connectivity index (χ0) is 22.4. The van der Waals surface area contributed by atoms with Crippen molar-refractivity contribution < 1.29 is 26.8 Å². The van der Waals surface area contributed by atoms with Crippen molar-refractivity contribution in [2.45, 2.75) is 29.9 Å². The molecular weight excluding hydrogens is 421 g/mol. The molecule has 0 spiro atoms. The monoisotopic (exact) mass is 445 g/mol. The van der Waals surface area contributed by atoms with Crippen LogP contribution < -0.4 is 10.1 Å². The van der Waals surface area contributed by atoms with Gasteiger partial charge >= 0.3 is 0 Å². The summed E-state index contributed by atoms with van der Waals surface area (Å²) in [6.45, 7) is 1.34. The molecule has 3 aromatic rings. The Kier molecular flexibility index (Phi) is 7.12. The van der Waals surface area contributed by atoms with E-state index in [1.165, 1.54) is 25.3 Å². The van der Waals surface area contributed by atoms with Crippen LogP contribution >= 0.6 is 0 Å². The molecule has 0 radical (unpaired) electrons. The smallest absolute Gasteiger partial charge is 0.220 e. The predicted molar refractivity (Wildman–Crippen MR) is 114 cm³/mol. The average molecular weight is 446 g/mol. The number of hydrogen-bond acceptors (Lipinski definition) is 5. The van der Waals surface area contributed by atoms with Crippen molar-refractivity contribution in [3.63, 3.8) is 0 Å². The molecule has 6 nitrogen and oxygen atoms in total. The lowest BCUT2D eigenvalue weighted by Gasteiger charge is -2.17. The molecule has 3 rings (SSSR count). The number of amides is 1. The number of aryl methyl sites for hydroxylation is 2. The molecule has 1 N–H and O–H groups in total. The van der Waals surface area contributed by atoms with Gasteiger partial charge < -0.3 is 14.5 Å². The highest BCUT2D eigenvalue weighted by Crippen LogP contribution is 2.30. The van der Waals surface area contributed by atoms with E-state index >= 15 is 0 Å². The zero-order valence-corrected chi connectivity index (χ0v) is 18.1.